The lowest BCUT2D eigenvalue weighted by Gasteiger charge is -2.17. The Morgan fingerprint density at radius 2 is 2.04 bits per heavy atom. The normalized spacial score (nSPS) is 12.4. The van der Waals surface area contributed by atoms with Crippen LogP contribution in [0.25, 0.3) is 10.9 Å². The fourth-order valence-electron chi connectivity index (χ4n) is 3.08. The molecule has 0 amide bonds. The molecule has 1 aromatic carbocycles. The zero-order valence-corrected chi connectivity index (χ0v) is 13.9. The van der Waals surface area contributed by atoms with Gasteiger partial charge < -0.3 is 15.0 Å². The number of nitrogens with zero attached hydrogens (tertiary/aromatic N) is 2. The molecular weight excluding hydrogens is 302 g/mol. The van der Waals surface area contributed by atoms with E-state index in [1.165, 1.54) is 0 Å². The number of aryl methyl sites for hydroxylation is 1. The van der Waals surface area contributed by atoms with Crippen LogP contribution in [-0.4, -0.2) is 14.7 Å². The predicted octanol–water partition coefficient (Wildman–Crippen LogP) is 1.95. The van der Waals surface area contributed by atoms with Crippen LogP contribution in [0, 0.1) is 0 Å². The number of aromatic hydroxyl groups is 1. The average Bonchev–Trinajstić information content (AvgIpc) is 2.61. The van der Waals surface area contributed by atoms with E-state index >= 15 is 0 Å². The molecule has 0 bridgehead atoms. The number of fused-ring (bicyclic) bond motifs is 1. The summed E-state index contributed by atoms with van der Waals surface area (Å²) < 4.78 is 1.72. The molecule has 2 heterocycles. The molecule has 0 unspecified atom stereocenters. The number of nitrogens with two attached hydrogens (primary N) is 1. The largest absolute Gasteiger partial charge is 0.506 e. The van der Waals surface area contributed by atoms with Crippen LogP contribution in [0.1, 0.15) is 31.0 Å². The summed E-state index contributed by atoms with van der Waals surface area (Å²) >= 11 is 0. The molecule has 0 spiro atoms. The van der Waals surface area contributed by atoms with E-state index in [0.717, 1.165) is 16.5 Å². The van der Waals surface area contributed by atoms with Crippen LogP contribution in [-0.2, 0) is 13.1 Å². The van der Waals surface area contributed by atoms with Crippen molar-refractivity contribution in [2.45, 2.75) is 33.0 Å². The summed E-state index contributed by atoms with van der Waals surface area (Å²) in [4.78, 5) is 17.0. The van der Waals surface area contributed by atoms with Gasteiger partial charge in [-0.1, -0.05) is 18.2 Å². The summed E-state index contributed by atoms with van der Waals surface area (Å²) in [7, 11) is 0. The quantitative estimate of drug-likeness (QED) is 0.753. The Bertz CT molecular complexity index is 904. The topological polar surface area (TPSA) is 71.7 Å². The van der Waals surface area contributed by atoms with Crippen molar-refractivity contribution in [2.75, 3.05) is 0 Å². The van der Waals surface area contributed by atoms with E-state index in [4.69, 9.17) is 0 Å². The van der Waals surface area contributed by atoms with Gasteiger partial charge in [-0.15, -0.1) is 0 Å². The molecule has 3 rings (SSSR count). The molecule has 0 aliphatic heterocycles. The first-order valence-electron chi connectivity index (χ1n) is 8.20. The Kier molecular flexibility index (Phi) is 4.62. The smallest absolute Gasteiger partial charge is 0.264 e. The molecule has 3 N–H and O–H groups in total. The van der Waals surface area contributed by atoms with Gasteiger partial charge in [0.25, 0.3) is 5.56 Å². The minimum Gasteiger partial charge on any atom is -0.506 e. The molecule has 0 aliphatic rings. The lowest BCUT2D eigenvalue weighted by molar-refractivity contribution is -0.708. The molecule has 0 saturated carbocycles. The third-order valence-corrected chi connectivity index (χ3v) is 4.38. The third kappa shape index (κ3) is 2.90. The summed E-state index contributed by atoms with van der Waals surface area (Å²) in [5.41, 5.74) is 2.19. The van der Waals surface area contributed by atoms with Crippen molar-refractivity contribution in [3.63, 3.8) is 0 Å². The zero-order valence-electron chi connectivity index (χ0n) is 13.9. The van der Waals surface area contributed by atoms with Gasteiger partial charge in [-0.25, -0.2) is 0 Å². The second-order valence-electron chi connectivity index (χ2n) is 5.92. The molecule has 1 atom stereocenters. The Morgan fingerprint density at radius 1 is 1.25 bits per heavy atom. The first kappa shape index (κ1) is 16.2. The zero-order chi connectivity index (χ0) is 17.1. The molecule has 0 saturated heterocycles. The van der Waals surface area contributed by atoms with E-state index < -0.39 is 0 Å². The summed E-state index contributed by atoms with van der Waals surface area (Å²) in [6.45, 7) is 5.16. The number of aromatic nitrogens is 2. The molecule has 5 nitrogen and oxygen atoms in total. The van der Waals surface area contributed by atoms with Crippen molar-refractivity contribution < 1.29 is 10.4 Å². The van der Waals surface area contributed by atoms with Crippen LogP contribution in [0.3, 0.4) is 0 Å². The van der Waals surface area contributed by atoms with Crippen LogP contribution < -0.4 is 10.9 Å². The fraction of sp³-hybridized carbons (Fsp3) is 0.263. The summed E-state index contributed by atoms with van der Waals surface area (Å²) in [6, 6.07) is 11.2. The number of pyridine rings is 2. The minimum absolute atomic E-state index is 0.0928. The van der Waals surface area contributed by atoms with Gasteiger partial charge in [-0.3, -0.25) is 9.78 Å². The van der Waals surface area contributed by atoms with Gasteiger partial charge >= 0.3 is 0 Å². The van der Waals surface area contributed by atoms with Crippen LogP contribution in [0.15, 0.2) is 53.6 Å². The van der Waals surface area contributed by atoms with Crippen LogP contribution in [0.2, 0.25) is 0 Å². The molecule has 0 fully saturated rings. The number of hydrogen-bond acceptors (Lipinski definition) is 3. The van der Waals surface area contributed by atoms with Crippen molar-refractivity contribution >= 4 is 10.9 Å². The molecular formula is C19H22N3O2+. The Morgan fingerprint density at radius 3 is 2.75 bits per heavy atom. The fourth-order valence-corrected chi connectivity index (χ4v) is 3.08. The number of quaternary nitrogens is 1. The summed E-state index contributed by atoms with van der Waals surface area (Å²) in [5.74, 6) is 0.0928. The molecule has 5 heteroatoms. The molecule has 24 heavy (non-hydrogen) atoms. The van der Waals surface area contributed by atoms with E-state index in [0.29, 0.717) is 18.7 Å². The van der Waals surface area contributed by atoms with Crippen LogP contribution in [0.5, 0.6) is 5.75 Å². The third-order valence-electron chi connectivity index (χ3n) is 4.38. The molecule has 0 aliphatic carbocycles. The van der Waals surface area contributed by atoms with Crippen molar-refractivity contribution in [1.82, 2.24) is 9.55 Å². The first-order chi connectivity index (χ1) is 11.6. The van der Waals surface area contributed by atoms with Crippen molar-refractivity contribution in [2.24, 2.45) is 0 Å². The Labute approximate surface area is 140 Å². The molecule has 124 valence electrons. The van der Waals surface area contributed by atoms with E-state index in [1.807, 2.05) is 61.8 Å². The van der Waals surface area contributed by atoms with Gasteiger partial charge in [-0.05, 0) is 32.0 Å². The Balaban J connectivity index is 2.00. The van der Waals surface area contributed by atoms with Crippen molar-refractivity contribution in [1.29, 1.82) is 0 Å². The predicted molar refractivity (Wildman–Crippen MR) is 93.8 cm³/mol. The standard InChI is InChI=1S/C19H21N3O2/c1-3-22-16-9-5-4-8-15(16)18(23)17(19(22)24)13(2)21-12-14-7-6-10-20-11-14/h4-11,13,21,23H,3,12H2,1-2H3/p+1/t13-/m1/s1. The van der Waals surface area contributed by atoms with Gasteiger partial charge in [0.15, 0.2) is 0 Å². The number of hydrogen-bond donors (Lipinski definition) is 2. The maximum atomic E-state index is 12.9. The second-order valence-corrected chi connectivity index (χ2v) is 5.92. The highest BCUT2D eigenvalue weighted by Gasteiger charge is 2.22. The lowest BCUT2D eigenvalue weighted by Crippen LogP contribution is -2.83. The summed E-state index contributed by atoms with van der Waals surface area (Å²) in [5, 5.41) is 13.4. The molecule has 2 aromatic heterocycles. The van der Waals surface area contributed by atoms with E-state index in [9.17, 15) is 9.90 Å². The maximum Gasteiger partial charge on any atom is 0.264 e. The van der Waals surface area contributed by atoms with Gasteiger partial charge in [0, 0.05) is 29.9 Å². The van der Waals surface area contributed by atoms with Gasteiger partial charge in [0.1, 0.15) is 23.9 Å². The van der Waals surface area contributed by atoms with E-state index in [1.54, 1.807) is 10.8 Å². The van der Waals surface area contributed by atoms with Crippen molar-refractivity contribution in [3.8, 4) is 5.75 Å². The van der Waals surface area contributed by atoms with Gasteiger partial charge in [0.05, 0.1) is 5.52 Å². The molecule has 3 aromatic rings. The molecule has 0 radical (unpaired) electrons. The van der Waals surface area contributed by atoms with Crippen LogP contribution in [0.4, 0.5) is 0 Å². The highest BCUT2D eigenvalue weighted by molar-refractivity contribution is 5.86. The number of rotatable bonds is 5. The van der Waals surface area contributed by atoms with E-state index in [-0.39, 0.29) is 17.4 Å². The first-order valence-corrected chi connectivity index (χ1v) is 8.20. The number of para-hydroxylation sites is 1. The average molecular weight is 324 g/mol. The monoisotopic (exact) mass is 324 g/mol. The van der Waals surface area contributed by atoms with E-state index in [2.05, 4.69) is 4.98 Å². The minimum atomic E-state index is -0.153. The van der Waals surface area contributed by atoms with Crippen LogP contribution >= 0.6 is 0 Å². The van der Waals surface area contributed by atoms with Gasteiger partial charge in [0.2, 0.25) is 0 Å². The highest BCUT2D eigenvalue weighted by atomic mass is 16.3. The maximum absolute atomic E-state index is 12.9. The Hall–Kier alpha value is -2.66. The summed E-state index contributed by atoms with van der Waals surface area (Å²) in [6.07, 6.45) is 3.55. The SMILES string of the molecule is CCn1c(=O)c([C@@H](C)[NH2+]Cc2cccnc2)c(O)c2ccccc21. The highest BCUT2D eigenvalue weighted by Crippen LogP contribution is 2.28. The number of benzene rings is 1. The lowest BCUT2D eigenvalue weighted by atomic mass is 10.0. The second kappa shape index (κ2) is 6.84. The van der Waals surface area contributed by atoms with Gasteiger partial charge in [-0.2, -0.15) is 0 Å². The van der Waals surface area contributed by atoms with Crippen molar-refractivity contribution in [3.05, 3.63) is 70.3 Å².